The van der Waals surface area contributed by atoms with Crippen LogP contribution in [0.3, 0.4) is 0 Å². The first kappa shape index (κ1) is 30.9. The predicted molar refractivity (Wildman–Crippen MR) is 157 cm³/mol. The second kappa shape index (κ2) is 13.0. The number of rotatable bonds is 10. The number of unbranched alkanes of at least 4 members (excludes halogenated alkanes) is 1. The molecule has 0 radical (unpaired) electrons. The summed E-state index contributed by atoms with van der Waals surface area (Å²) < 4.78 is 55.7. The molecular weight excluding hydrogens is 601 g/mol. The highest BCUT2D eigenvalue weighted by Gasteiger charge is 2.31. The zero-order valence-electron chi connectivity index (χ0n) is 23.7. The average Bonchev–Trinajstić information content (AvgIpc) is 3.47. The molecule has 0 atom stereocenters. The van der Waals surface area contributed by atoms with Crippen molar-refractivity contribution in [3.63, 3.8) is 0 Å². The Morgan fingerprint density at radius 2 is 1.68 bits per heavy atom. The van der Waals surface area contributed by atoms with Gasteiger partial charge in [-0.15, -0.1) is 0 Å². The number of benzene rings is 3. The lowest BCUT2D eigenvalue weighted by Crippen LogP contribution is -2.43. The maximum Gasteiger partial charge on any atom is 0.416 e. The first-order valence-electron chi connectivity index (χ1n) is 13.9. The molecule has 0 saturated heterocycles. The van der Waals surface area contributed by atoms with Crippen molar-refractivity contribution in [2.75, 3.05) is 19.9 Å². The van der Waals surface area contributed by atoms with E-state index in [0.717, 1.165) is 24.3 Å². The Balaban J connectivity index is 1.44. The molecule has 0 N–H and O–H groups in total. The van der Waals surface area contributed by atoms with Gasteiger partial charge in [0.2, 0.25) is 12.7 Å². The van der Waals surface area contributed by atoms with Gasteiger partial charge >= 0.3 is 6.18 Å². The monoisotopic (exact) mass is 628 g/mol. The minimum atomic E-state index is -4.55. The van der Waals surface area contributed by atoms with Crippen LogP contribution < -0.4 is 14.9 Å². The Bertz CT molecular complexity index is 1740. The van der Waals surface area contributed by atoms with Crippen LogP contribution in [0.15, 0.2) is 76.1 Å². The summed E-state index contributed by atoms with van der Waals surface area (Å²) in [4.78, 5) is 43.4. The maximum absolute atomic E-state index is 13.9. The van der Waals surface area contributed by atoms with Gasteiger partial charge in [-0.25, -0.2) is 0 Å². The Hall–Kier alpha value is -4.51. The molecule has 2 amide bonds. The minimum Gasteiger partial charge on any atom is -0.464 e. The van der Waals surface area contributed by atoms with Crippen LogP contribution in [0.2, 0.25) is 5.02 Å². The smallest absolute Gasteiger partial charge is 0.416 e. The summed E-state index contributed by atoms with van der Waals surface area (Å²) in [5, 5.41) is 0.608. The number of alkyl halides is 3. The number of halogens is 4. The Morgan fingerprint density at radius 3 is 2.41 bits per heavy atom. The molecule has 1 aliphatic rings. The molecule has 3 aromatic carbocycles. The number of hydrogen-bond donors (Lipinski definition) is 0. The summed E-state index contributed by atoms with van der Waals surface area (Å²) in [5.41, 5.74) is 0.00512. The molecule has 0 aliphatic carbocycles. The van der Waals surface area contributed by atoms with Gasteiger partial charge in [0.05, 0.1) is 29.3 Å². The van der Waals surface area contributed by atoms with E-state index in [0.29, 0.717) is 40.5 Å². The standard InChI is InChI=1S/C32H28ClF3N2O6/c1-2-3-12-37(31(41)21-5-7-23(8-6-21)32(34,35)36)17-29(39)38(15-20-4-10-27-28(13-20)44-19-43-27)16-22-18-42-26-11-9-24(33)14-25(26)30(22)40/h4-11,13-14,18H,2-3,12,15-17,19H2,1H3. The van der Waals surface area contributed by atoms with E-state index in [9.17, 15) is 27.6 Å². The van der Waals surface area contributed by atoms with Crippen LogP contribution in [-0.2, 0) is 24.1 Å². The van der Waals surface area contributed by atoms with E-state index in [1.807, 2.05) is 6.92 Å². The topological polar surface area (TPSA) is 89.3 Å². The van der Waals surface area contributed by atoms with Crippen molar-refractivity contribution in [3.8, 4) is 11.5 Å². The van der Waals surface area contributed by atoms with Crippen molar-refractivity contribution in [3.05, 3.63) is 104 Å². The summed E-state index contributed by atoms with van der Waals surface area (Å²) in [5.74, 6) is 0.0106. The SMILES string of the molecule is CCCCN(CC(=O)N(Cc1ccc2c(c1)OCO2)Cc1coc2ccc(Cl)cc2c1=O)C(=O)c1ccc(C(F)(F)F)cc1. The normalized spacial score (nSPS) is 12.4. The minimum absolute atomic E-state index is 0.0243. The fraction of sp³-hybridized carbons (Fsp3) is 0.281. The number of fused-ring (bicyclic) bond motifs is 2. The van der Waals surface area contributed by atoms with Gasteiger partial charge in [0, 0.05) is 23.7 Å². The fourth-order valence-corrected chi connectivity index (χ4v) is 4.97. The first-order chi connectivity index (χ1) is 21.0. The third kappa shape index (κ3) is 6.99. The molecule has 2 heterocycles. The van der Waals surface area contributed by atoms with Crippen LogP contribution in [0.25, 0.3) is 11.0 Å². The first-order valence-corrected chi connectivity index (χ1v) is 14.2. The van der Waals surface area contributed by atoms with Crippen LogP contribution in [0.4, 0.5) is 13.2 Å². The molecule has 0 saturated carbocycles. The largest absolute Gasteiger partial charge is 0.464 e. The quantitative estimate of drug-likeness (QED) is 0.195. The highest BCUT2D eigenvalue weighted by atomic mass is 35.5. The Kier molecular flexibility index (Phi) is 9.14. The van der Waals surface area contributed by atoms with Gasteiger partial charge in [0.1, 0.15) is 12.1 Å². The molecule has 4 aromatic rings. The van der Waals surface area contributed by atoms with Crippen molar-refractivity contribution in [1.29, 1.82) is 0 Å². The number of hydrogen-bond acceptors (Lipinski definition) is 6. The van der Waals surface area contributed by atoms with Gasteiger partial charge in [0.15, 0.2) is 16.9 Å². The molecule has 12 heteroatoms. The molecule has 1 aliphatic heterocycles. The number of carbonyl (C=O) groups is 2. The lowest BCUT2D eigenvalue weighted by Gasteiger charge is -2.28. The van der Waals surface area contributed by atoms with Crippen molar-refractivity contribution in [2.45, 2.75) is 39.0 Å². The van der Waals surface area contributed by atoms with Gasteiger partial charge in [-0.05, 0) is 66.6 Å². The van der Waals surface area contributed by atoms with Crippen molar-refractivity contribution in [2.24, 2.45) is 0 Å². The van der Waals surface area contributed by atoms with Crippen LogP contribution >= 0.6 is 11.6 Å². The third-order valence-electron chi connectivity index (χ3n) is 7.18. The maximum atomic E-state index is 13.9. The highest BCUT2D eigenvalue weighted by molar-refractivity contribution is 6.31. The van der Waals surface area contributed by atoms with Gasteiger partial charge in [-0.2, -0.15) is 13.2 Å². The van der Waals surface area contributed by atoms with Gasteiger partial charge < -0.3 is 23.7 Å². The molecular formula is C32H28ClF3N2O6. The van der Waals surface area contributed by atoms with E-state index in [1.54, 1.807) is 30.3 Å². The van der Waals surface area contributed by atoms with Crippen LogP contribution in [0.1, 0.15) is 46.8 Å². The number of amides is 2. The van der Waals surface area contributed by atoms with E-state index >= 15 is 0 Å². The summed E-state index contributed by atoms with van der Waals surface area (Å²) in [7, 11) is 0. The number of ether oxygens (including phenoxy) is 2. The van der Waals surface area contributed by atoms with E-state index in [2.05, 4.69) is 0 Å². The molecule has 44 heavy (non-hydrogen) atoms. The molecule has 1 aromatic heterocycles. The Labute approximate surface area is 255 Å². The van der Waals surface area contributed by atoms with E-state index in [-0.39, 0.29) is 54.9 Å². The van der Waals surface area contributed by atoms with Gasteiger partial charge in [-0.3, -0.25) is 14.4 Å². The number of carbonyl (C=O) groups excluding carboxylic acids is 2. The van der Waals surface area contributed by atoms with Crippen LogP contribution in [-0.4, -0.2) is 41.5 Å². The average molecular weight is 629 g/mol. The molecule has 230 valence electrons. The molecule has 8 nitrogen and oxygen atoms in total. The van der Waals surface area contributed by atoms with Crippen molar-refractivity contribution < 1.29 is 36.7 Å². The van der Waals surface area contributed by atoms with Gasteiger partial charge in [0.25, 0.3) is 5.91 Å². The van der Waals surface area contributed by atoms with E-state index in [1.165, 1.54) is 22.1 Å². The second-order valence-electron chi connectivity index (χ2n) is 10.3. The Morgan fingerprint density at radius 1 is 0.932 bits per heavy atom. The summed E-state index contributed by atoms with van der Waals surface area (Å²) in [6.45, 7) is 1.73. The lowest BCUT2D eigenvalue weighted by atomic mass is 10.1. The summed E-state index contributed by atoms with van der Waals surface area (Å²) >= 11 is 6.10. The molecule has 0 unspecified atom stereocenters. The zero-order valence-corrected chi connectivity index (χ0v) is 24.4. The molecule has 5 rings (SSSR count). The number of nitrogens with zero attached hydrogens (tertiary/aromatic N) is 2. The van der Waals surface area contributed by atoms with Crippen molar-refractivity contribution >= 4 is 34.4 Å². The third-order valence-corrected chi connectivity index (χ3v) is 7.42. The second-order valence-corrected chi connectivity index (χ2v) is 10.8. The molecule has 0 bridgehead atoms. The summed E-state index contributed by atoms with van der Waals surface area (Å²) in [6.07, 6.45) is -1.97. The predicted octanol–water partition coefficient (Wildman–Crippen LogP) is 6.67. The highest BCUT2D eigenvalue weighted by Crippen LogP contribution is 2.33. The molecule has 0 spiro atoms. The lowest BCUT2D eigenvalue weighted by molar-refractivity contribution is -0.137. The molecule has 0 fully saturated rings. The van der Waals surface area contributed by atoms with Crippen molar-refractivity contribution in [1.82, 2.24) is 9.80 Å². The summed E-state index contributed by atoms with van der Waals surface area (Å²) in [6, 6.07) is 13.8. The van der Waals surface area contributed by atoms with Gasteiger partial charge in [-0.1, -0.05) is 31.0 Å². The zero-order chi connectivity index (χ0) is 31.4. The van der Waals surface area contributed by atoms with E-state index in [4.69, 9.17) is 25.5 Å². The van der Waals surface area contributed by atoms with Crippen LogP contribution in [0, 0.1) is 0 Å². The fourth-order valence-electron chi connectivity index (χ4n) is 4.80. The van der Waals surface area contributed by atoms with Crippen LogP contribution in [0.5, 0.6) is 11.5 Å². The van der Waals surface area contributed by atoms with E-state index < -0.39 is 23.6 Å².